The van der Waals surface area contributed by atoms with Crippen molar-refractivity contribution in [2.75, 3.05) is 9.80 Å². The predicted molar refractivity (Wildman–Crippen MR) is 271 cm³/mol. The van der Waals surface area contributed by atoms with Gasteiger partial charge in [-0.1, -0.05) is 151 Å². The highest BCUT2D eigenvalue weighted by Crippen LogP contribution is 2.80. The number of anilines is 6. The molecule has 4 fully saturated rings. The van der Waals surface area contributed by atoms with Crippen LogP contribution in [0.4, 0.5) is 34.1 Å². The summed E-state index contributed by atoms with van der Waals surface area (Å²) in [5.74, 6) is 1.41. The highest BCUT2D eigenvalue weighted by molar-refractivity contribution is 7.01. The molecule has 4 saturated carbocycles. The van der Waals surface area contributed by atoms with Gasteiger partial charge in [-0.2, -0.15) is 0 Å². The fourth-order valence-electron chi connectivity index (χ4n) is 17.8. The van der Waals surface area contributed by atoms with E-state index in [9.17, 15) is 0 Å². The molecule has 15 rings (SSSR count). The van der Waals surface area contributed by atoms with Crippen molar-refractivity contribution in [2.45, 2.75) is 90.9 Å². The lowest BCUT2D eigenvalue weighted by Gasteiger charge is -2.49. The molecule has 2 heterocycles. The van der Waals surface area contributed by atoms with Crippen molar-refractivity contribution in [3.63, 3.8) is 0 Å². The van der Waals surface area contributed by atoms with Crippen molar-refractivity contribution in [3.8, 4) is 22.3 Å². The smallest absolute Gasteiger partial charge is 0.252 e. The fourth-order valence-corrected chi connectivity index (χ4v) is 17.8. The van der Waals surface area contributed by atoms with E-state index in [2.05, 4.69) is 203 Å². The molecule has 3 heteroatoms. The van der Waals surface area contributed by atoms with Gasteiger partial charge in [0.2, 0.25) is 0 Å². The molecular weight excluding hydrogens is 784 g/mol. The number of rotatable bonds is 2. The highest BCUT2D eigenvalue weighted by Gasteiger charge is 2.73. The van der Waals surface area contributed by atoms with Gasteiger partial charge in [-0.25, -0.2) is 0 Å². The summed E-state index contributed by atoms with van der Waals surface area (Å²) < 4.78 is 0. The number of para-hydroxylation sites is 2. The van der Waals surface area contributed by atoms with Crippen LogP contribution < -0.4 is 26.2 Å². The van der Waals surface area contributed by atoms with Crippen LogP contribution >= 0.6 is 0 Å². The van der Waals surface area contributed by atoms with Gasteiger partial charge in [0.15, 0.2) is 0 Å². The third-order valence-electron chi connectivity index (χ3n) is 21.4. The second-order valence-corrected chi connectivity index (χ2v) is 23.2. The molecule has 6 aliphatic carbocycles. The van der Waals surface area contributed by atoms with Crippen molar-refractivity contribution in [3.05, 3.63) is 174 Å². The summed E-state index contributed by atoms with van der Waals surface area (Å²) in [5, 5.41) is 0. The van der Waals surface area contributed by atoms with Crippen LogP contribution in [0.15, 0.2) is 152 Å². The van der Waals surface area contributed by atoms with E-state index in [0.29, 0.717) is 11.8 Å². The monoisotopic (exact) mass is 840 g/mol. The number of hydrogen-bond acceptors (Lipinski definition) is 2. The molecule has 65 heavy (non-hydrogen) atoms. The summed E-state index contributed by atoms with van der Waals surface area (Å²) in [6.07, 6.45) is 7.69. The maximum Gasteiger partial charge on any atom is 0.252 e. The minimum absolute atomic E-state index is 0.0292. The molecule has 6 atom stereocenters. The molecule has 2 spiro atoms. The van der Waals surface area contributed by atoms with Crippen molar-refractivity contribution < 1.29 is 0 Å². The van der Waals surface area contributed by atoms with E-state index in [4.69, 9.17) is 0 Å². The second kappa shape index (κ2) is 11.8. The van der Waals surface area contributed by atoms with E-state index in [-0.39, 0.29) is 39.2 Å². The molecule has 2 unspecified atom stereocenters. The van der Waals surface area contributed by atoms with E-state index in [0.717, 1.165) is 0 Å². The normalized spacial score (nSPS) is 30.0. The summed E-state index contributed by atoms with van der Waals surface area (Å²) in [6, 6.07) is 59.6. The van der Waals surface area contributed by atoms with E-state index < -0.39 is 0 Å². The van der Waals surface area contributed by atoms with Gasteiger partial charge in [0.25, 0.3) is 6.71 Å². The van der Waals surface area contributed by atoms with E-state index >= 15 is 0 Å². The lowest BCUT2D eigenvalue weighted by atomic mass is 9.32. The lowest BCUT2D eigenvalue weighted by molar-refractivity contribution is 0.0990. The minimum atomic E-state index is -0.0317. The number of fused-ring (bicyclic) bond motifs is 22. The Morgan fingerprint density at radius 2 is 0.908 bits per heavy atom. The lowest BCUT2D eigenvalue weighted by Crippen LogP contribution is -2.62. The van der Waals surface area contributed by atoms with Crippen LogP contribution in [-0.2, 0) is 10.8 Å². The number of hydrogen-bond donors (Lipinski definition) is 0. The Hall–Kier alpha value is -5.80. The number of nitrogens with zero attached hydrogens (tertiary/aromatic N) is 2. The molecule has 0 N–H and O–H groups in total. The average Bonchev–Trinajstić information content (AvgIpc) is 4.03. The van der Waals surface area contributed by atoms with E-state index in [1.807, 2.05) is 0 Å². The molecule has 0 radical (unpaired) electrons. The molecular formula is C62H57BN2. The van der Waals surface area contributed by atoms with Crippen molar-refractivity contribution in [1.29, 1.82) is 0 Å². The Bertz CT molecular complexity index is 3260. The van der Waals surface area contributed by atoms with Crippen LogP contribution in [-0.4, -0.2) is 6.71 Å². The summed E-state index contributed by atoms with van der Waals surface area (Å²) >= 11 is 0. The molecule has 2 nitrogen and oxygen atoms in total. The maximum atomic E-state index is 2.70. The largest absolute Gasteiger partial charge is 0.311 e. The Labute approximate surface area is 385 Å². The van der Waals surface area contributed by atoms with Crippen LogP contribution in [0.3, 0.4) is 0 Å². The first-order chi connectivity index (χ1) is 31.5. The Morgan fingerprint density at radius 1 is 0.431 bits per heavy atom. The summed E-state index contributed by atoms with van der Waals surface area (Å²) in [7, 11) is 0. The molecule has 2 aliphatic heterocycles. The van der Waals surface area contributed by atoms with Gasteiger partial charge in [0.05, 0.1) is 0 Å². The van der Waals surface area contributed by atoms with Crippen LogP contribution in [0.5, 0.6) is 0 Å². The standard InChI is InChI=1S/C62H57BN2/c1-57(2)38-32-34-59(57,5)61(36-38)44-24-15-13-22-42(44)52-46(61)29-31-51-55(52)63-48-30-28-47-53(43-23-14-16-25-45(43)62(47)37-39-33-35-60(62,6)58(39,3)4)56(48)65(41-20-11-8-12-21-41)50-27-17-26-49(54(50)63)64(51)40-18-9-7-10-19-40/h7-31,38-39H,32-37H2,1-6H3/t38?,39-,59?,60-,61+,62-/m1/s1. The topological polar surface area (TPSA) is 6.48 Å². The van der Waals surface area contributed by atoms with Gasteiger partial charge >= 0.3 is 0 Å². The SMILES string of the molecule is CC1(C)C2CCC1(C)[C@@]1(C2)c2ccccc2-c2c1ccc1c2B2c3ccc4c(c3N(c3ccccc3)c3cccc(c32)N1c1ccccc1)-c1ccccc1[C@]41C[C@H]2CC[C@]1(C)C2(C)C. The zero-order valence-electron chi connectivity index (χ0n) is 38.8. The zero-order valence-corrected chi connectivity index (χ0v) is 38.8. The summed E-state index contributed by atoms with van der Waals surface area (Å²) in [6.45, 7) is 15.8. The van der Waals surface area contributed by atoms with Crippen LogP contribution in [0.1, 0.15) is 102 Å². The first-order valence-electron chi connectivity index (χ1n) is 24.9. The molecule has 0 saturated heterocycles. The van der Waals surface area contributed by atoms with Crippen LogP contribution in [0.2, 0.25) is 0 Å². The van der Waals surface area contributed by atoms with Crippen molar-refractivity contribution in [1.82, 2.24) is 0 Å². The first kappa shape index (κ1) is 37.4. The first-order valence-corrected chi connectivity index (χ1v) is 24.9. The number of benzene rings is 7. The molecule has 7 aromatic rings. The summed E-state index contributed by atoms with van der Waals surface area (Å²) in [5.41, 5.74) is 25.0. The second-order valence-electron chi connectivity index (χ2n) is 23.2. The third kappa shape index (κ3) is 3.86. The van der Waals surface area contributed by atoms with Gasteiger partial charge in [-0.05, 0) is 170 Å². The van der Waals surface area contributed by atoms with Crippen LogP contribution in [0.25, 0.3) is 22.3 Å². The Kier molecular flexibility index (Phi) is 6.78. The van der Waals surface area contributed by atoms with E-state index in [1.54, 1.807) is 22.3 Å². The van der Waals surface area contributed by atoms with Crippen molar-refractivity contribution >= 4 is 57.2 Å². The van der Waals surface area contributed by atoms with Gasteiger partial charge < -0.3 is 9.80 Å². The fraction of sp³-hybridized carbons (Fsp3) is 0.323. The molecule has 318 valence electrons. The molecule has 7 aromatic carbocycles. The van der Waals surface area contributed by atoms with Gasteiger partial charge in [0.1, 0.15) is 0 Å². The van der Waals surface area contributed by atoms with Gasteiger partial charge in [-0.3, -0.25) is 0 Å². The maximum absolute atomic E-state index is 2.70. The third-order valence-corrected chi connectivity index (χ3v) is 21.4. The van der Waals surface area contributed by atoms with Crippen molar-refractivity contribution in [2.24, 2.45) is 33.5 Å². The van der Waals surface area contributed by atoms with E-state index in [1.165, 1.54) is 111 Å². The van der Waals surface area contributed by atoms with Gasteiger partial charge in [-0.15, -0.1) is 0 Å². The molecule has 8 aliphatic rings. The minimum Gasteiger partial charge on any atom is -0.311 e. The zero-order chi connectivity index (χ0) is 43.6. The molecule has 0 aromatic heterocycles. The van der Waals surface area contributed by atoms with Crippen LogP contribution in [0, 0.1) is 33.5 Å². The summed E-state index contributed by atoms with van der Waals surface area (Å²) in [4.78, 5) is 5.32. The molecule has 0 amide bonds. The van der Waals surface area contributed by atoms with Gasteiger partial charge in [0, 0.05) is 50.5 Å². The Balaban J connectivity index is 1.09. The quantitative estimate of drug-likeness (QED) is 0.160. The Morgan fingerprint density at radius 3 is 1.46 bits per heavy atom. The predicted octanol–water partition coefficient (Wildman–Crippen LogP) is 14.0. The average molecular weight is 841 g/mol. The molecule has 4 bridgehead atoms. The highest BCUT2D eigenvalue weighted by atomic mass is 15.2.